The van der Waals surface area contributed by atoms with E-state index in [1.165, 1.54) is 0 Å². The number of fused-ring (bicyclic) bond motifs is 1. The van der Waals surface area contributed by atoms with E-state index in [0.29, 0.717) is 0 Å². The van der Waals surface area contributed by atoms with E-state index in [1.54, 1.807) is 18.2 Å². The number of aliphatic hydroxyl groups excluding tert-OH is 2. The van der Waals surface area contributed by atoms with Crippen molar-refractivity contribution in [3.8, 4) is 0 Å². The number of carbonyl (C=O) groups excluding carboxylic acids is 1. The summed E-state index contributed by atoms with van der Waals surface area (Å²) in [5.41, 5.74) is 1.86. The first kappa shape index (κ1) is 11.6. The molecule has 0 spiro atoms. The van der Waals surface area contributed by atoms with Gasteiger partial charge in [-0.1, -0.05) is 12.2 Å². The third kappa shape index (κ3) is 3.61. The van der Waals surface area contributed by atoms with Crippen molar-refractivity contribution < 1.29 is 15.0 Å². The van der Waals surface area contributed by atoms with Gasteiger partial charge in [-0.2, -0.15) is 0 Å². The van der Waals surface area contributed by atoms with Gasteiger partial charge in [0.2, 0.25) is 0 Å². The molecule has 0 amide bonds. The van der Waals surface area contributed by atoms with Crippen molar-refractivity contribution in [2.45, 2.75) is 0 Å². The Morgan fingerprint density at radius 2 is 1.93 bits per heavy atom. The van der Waals surface area contributed by atoms with E-state index in [-0.39, 0.29) is 19.0 Å². The lowest BCUT2D eigenvalue weighted by Crippen LogP contribution is -2.09. The SMILES string of the molecule is O=C1C=CC2=NCC=CC2=C1.OCCO. The maximum atomic E-state index is 10.9. The van der Waals surface area contributed by atoms with Gasteiger partial charge in [-0.25, -0.2) is 0 Å². The minimum absolute atomic E-state index is 0.0468. The molecule has 4 nitrogen and oxygen atoms in total. The summed E-state index contributed by atoms with van der Waals surface area (Å²) in [6, 6.07) is 0. The fourth-order valence-electron chi connectivity index (χ4n) is 1.14. The van der Waals surface area contributed by atoms with E-state index < -0.39 is 0 Å². The first-order chi connectivity index (χ1) is 7.27. The van der Waals surface area contributed by atoms with E-state index in [4.69, 9.17) is 10.2 Å². The average Bonchev–Trinajstić information content (AvgIpc) is 2.29. The van der Waals surface area contributed by atoms with Crippen molar-refractivity contribution in [1.82, 2.24) is 0 Å². The Kier molecular flexibility index (Phi) is 4.66. The second-order valence-electron chi connectivity index (χ2n) is 2.91. The molecule has 0 unspecified atom stereocenters. The van der Waals surface area contributed by atoms with Crippen LogP contribution in [-0.4, -0.2) is 41.5 Å². The second-order valence-corrected chi connectivity index (χ2v) is 2.91. The molecule has 0 aromatic heterocycles. The third-order valence-electron chi connectivity index (χ3n) is 1.76. The van der Waals surface area contributed by atoms with Crippen LogP contribution in [0.25, 0.3) is 0 Å². The van der Waals surface area contributed by atoms with Crippen molar-refractivity contribution in [1.29, 1.82) is 0 Å². The zero-order valence-corrected chi connectivity index (χ0v) is 8.26. The Balaban J connectivity index is 0.000000245. The third-order valence-corrected chi connectivity index (χ3v) is 1.76. The van der Waals surface area contributed by atoms with E-state index in [9.17, 15) is 4.79 Å². The van der Waals surface area contributed by atoms with Crippen LogP contribution >= 0.6 is 0 Å². The summed E-state index contributed by atoms with van der Waals surface area (Å²) in [7, 11) is 0. The molecule has 4 heteroatoms. The van der Waals surface area contributed by atoms with Crippen molar-refractivity contribution in [3.63, 3.8) is 0 Å². The standard InChI is InChI=1S/C9H7NO.C2H6O2/c11-8-3-4-9-7(6-8)2-1-5-10-9;3-1-2-4/h1-4,6H,5H2;3-4H,1-2H2. The van der Waals surface area contributed by atoms with E-state index >= 15 is 0 Å². The van der Waals surface area contributed by atoms with Gasteiger partial charge < -0.3 is 10.2 Å². The van der Waals surface area contributed by atoms with Crippen molar-refractivity contribution in [3.05, 3.63) is 36.0 Å². The number of carbonyl (C=O) groups is 1. The van der Waals surface area contributed by atoms with Gasteiger partial charge in [0.25, 0.3) is 0 Å². The topological polar surface area (TPSA) is 69.9 Å². The fourth-order valence-corrected chi connectivity index (χ4v) is 1.14. The highest BCUT2D eigenvalue weighted by Crippen LogP contribution is 2.11. The molecule has 0 radical (unpaired) electrons. The molecule has 1 aliphatic carbocycles. The molecule has 1 heterocycles. The highest BCUT2D eigenvalue weighted by Gasteiger charge is 2.09. The van der Waals surface area contributed by atoms with E-state index in [0.717, 1.165) is 17.8 Å². The second kappa shape index (κ2) is 6.06. The Bertz CT molecular complexity index is 349. The molecule has 0 bridgehead atoms. The number of nitrogens with zero attached hydrogens (tertiary/aromatic N) is 1. The molecule has 0 aromatic rings. The zero-order chi connectivity index (χ0) is 11.1. The lowest BCUT2D eigenvalue weighted by molar-refractivity contribution is -0.110. The molecule has 0 saturated heterocycles. The zero-order valence-electron chi connectivity index (χ0n) is 8.26. The fraction of sp³-hybridized carbons (Fsp3) is 0.273. The number of allylic oxidation sites excluding steroid dienone is 5. The van der Waals surface area contributed by atoms with Gasteiger partial charge in [0.05, 0.1) is 25.5 Å². The number of aliphatic hydroxyl groups is 2. The minimum atomic E-state index is -0.125. The Morgan fingerprint density at radius 3 is 2.60 bits per heavy atom. The molecule has 2 aliphatic rings. The van der Waals surface area contributed by atoms with Crippen LogP contribution < -0.4 is 0 Å². The van der Waals surface area contributed by atoms with Gasteiger partial charge in [0.15, 0.2) is 5.78 Å². The molecule has 0 aromatic carbocycles. The first-order valence-corrected chi connectivity index (χ1v) is 4.64. The van der Waals surface area contributed by atoms with Crippen molar-refractivity contribution >= 4 is 11.5 Å². The van der Waals surface area contributed by atoms with Crippen LogP contribution in [0.1, 0.15) is 0 Å². The minimum Gasteiger partial charge on any atom is -0.394 e. The predicted octanol–water partition coefficient (Wildman–Crippen LogP) is 0.0335. The summed E-state index contributed by atoms with van der Waals surface area (Å²) in [6.45, 7) is 0.477. The Hall–Kier alpha value is -1.52. The van der Waals surface area contributed by atoms with Gasteiger partial charge in [-0.3, -0.25) is 9.79 Å². The van der Waals surface area contributed by atoms with Crippen molar-refractivity contribution in [2.75, 3.05) is 19.8 Å². The predicted molar refractivity (Wildman–Crippen MR) is 57.8 cm³/mol. The number of hydrogen-bond acceptors (Lipinski definition) is 4. The maximum Gasteiger partial charge on any atom is 0.179 e. The molecule has 0 atom stereocenters. The number of rotatable bonds is 1. The monoisotopic (exact) mass is 207 g/mol. The lowest BCUT2D eigenvalue weighted by atomic mass is 10.0. The summed E-state index contributed by atoms with van der Waals surface area (Å²) in [6.07, 6.45) is 8.79. The largest absolute Gasteiger partial charge is 0.394 e. The summed E-state index contributed by atoms with van der Waals surface area (Å²) in [4.78, 5) is 15.1. The van der Waals surface area contributed by atoms with Gasteiger partial charge in [0.1, 0.15) is 0 Å². The summed E-state index contributed by atoms with van der Waals surface area (Å²) in [5, 5.41) is 15.2. The average molecular weight is 207 g/mol. The Labute approximate surface area is 88.0 Å². The highest BCUT2D eigenvalue weighted by atomic mass is 16.3. The molecule has 2 N–H and O–H groups in total. The van der Waals surface area contributed by atoms with Crippen LogP contribution in [0.2, 0.25) is 0 Å². The van der Waals surface area contributed by atoms with Gasteiger partial charge >= 0.3 is 0 Å². The van der Waals surface area contributed by atoms with Crippen molar-refractivity contribution in [2.24, 2.45) is 4.99 Å². The van der Waals surface area contributed by atoms with Crippen LogP contribution in [-0.2, 0) is 4.79 Å². The molecule has 0 fully saturated rings. The first-order valence-electron chi connectivity index (χ1n) is 4.64. The van der Waals surface area contributed by atoms with Gasteiger partial charge in [-0.15, -0.1) is 0 Å². The number of aliphatic imine (C=N–C) groups is 1. The normalized spacial score (nSPS) is 17.3. The van der Waals surface area contributed by atoms with E-state index in [2.05, 4.69) is 4.99 Å². The quantitative estimate of drug-likeness (QED) is 0.596. The Morgan fingerprint density at radius 1 is 1.20 bits per heavy atom. The number of hydrogen-bond donors (Lipinski definition) is 2. The molecular formula is C11H13NO3. The smallest absolute Gasteiger partial charge is 0.179 e. The molecule has 15 heavy (non-hydrogen) atoms. The number of dihydropyridines is 1. The highest BCUT2D eigenvalue weighted by molar-refractivity contribution is 6.21. The summed E-state index contributed by atoms with van der Waals surface area (Å²) in [5.74, 6) is 0.0468. The molecular weight excluding hydrogens is 194 g/mol. The van der Waals surface area contributed by atoms with Crippen LogP contribution in [0.3, 0.4) is 0 Å². The summed E-state index contributed by atoms with van der Waals surface area (Å²) < 4.78 is 0. The van der Waals surface area contributed by atoms with Crippen LogP contribution in [0, 0.1) is 0 Å². The summed E-state index contributed by atoms with van der Waals surface area (Å²) >= 11 is 0. The molecule has 2 rings (SSSR count). The molecule has 80 valence electrons. The molecule has 0 saturated carbocycles. The lowest BCUT2D eigenvalue weighted by Gasteiger charge is -2.09. The van der Waals surface area contributed by atoms with Gasteiger partial charge in [0, 0.05) is 5.57 Å². The van der Waals surface area contributed by atoms with Crippen LogP contribution in [0.4, 0.5) is 0 Å². The van der Waals surface area contributed by atoms with Gasteiger partial charge in [-0.05, 0) is 18.2 Å². The van der Waals surface area contributed by atoms with E-state index in [1.807, 2.05) is 12.2 Å². The molecule has 1 aliphatic heterocycles. The maximum absolute atomic E-state index is 10.9. The van der Waals surface area contributed by atoms with Crippen LogP contribution in [0.15, 0.2) is 40.9 Å². The van der Waals surface area contributed by atoms with Crippen LogP contribution in [0.5, 0.6) is 0 Å². The number of ketones is 1.